The van der Waals surface area contributed by atoms with Crippen LogP contribution in [-0.2, 0) is 6.18 Å². The second-order valence-corrected chi connectivity index (χ2v) is 4.01. The zero-order valence-corrected chi connectivity index (χ0v) is 10.4. The number of hydrogen-bond donors (Lipinski definition) is 0. The average Bonchev–Trinajstić information content (AvgIpc) is 2.40. The molecular formula is C14H9F3N2O. The molecule has 0 radical (unpaired) electrons. The van der Waals surface area contributed by atoms with Gasteiger partial charge < -0.3 is 4.74 Å². The van der Waals surface area contributed by atoms with Crippen molar-refractivity contribution in [3.63, 3.8) is 0 Å². The Balaban J connectivity index is 2.39. The smallest absolute Gasteiger partial charge is 0.416 e. The largest absolute Gasteiger partial charge is 0.454 e. The highest BCUT2D eigenvalue weighted by molar-refractivity contribution is 5.48. The maximum absolute atomic E-state index is 12.6. The van der Waals surface area contributed by atoms with E-state index in [9.17, 15) is 13.2 Å². The number of nitriles is 1. The van der Waals surface area contributed by atoms with Crippen LogP contribution in [0.3, 0.4) is 0 Å². The number of rotatable bonds is 2. The van der Waals surface area contributed by atoms with E-state index in [1.807, 2.05) is 0 Å². The monoisotopic (exact) mass is 278 g/mol. The van der Waals surface area contributed by atoms with Crippen molar-refractivity contribution < 1.29 is 17.9 Å². The number of alkyl halides is 3. The van der Waals surface area contributed by atoms with Gasteiger partial charge in [0.05, 0.1) is 16.8 Å². The summed E-state index contributed by atoms with van der Waals surface area (Å²) in [4.78, 5) is 4.00. The lowest BCUT2D eigenvalue weighted by molar-refractivity contribution is -0.137. The van der Waals surface area contributed by atoms with Crippen molar-refractivity contribution in [1.29, 1.82) is 5.26 Å². The standard InChI is InChI=1S/C14H9F3N2O/c1-9-12(3-2-6-19-9)20-13-5-4-11(14(15,16)17)7-10(13)8-18/h2-7H,1H3. The Morgan fingerprint density at radius 1 is 1.20 bits per heavy atom. The van der Waals surface area contributed by atoms with E-state index in [4.69, 9.17) is 10.00 Å². The predicted molar refractivity (Wildman–Crippen MR) is 65.2 cm³/mol. The van der Waals surface area contributed by atoms with E-state index in [1.165, 1.54) is 0 Å². The highest BCUT2D eigenvalue weighted by atomic mass is 19.4. The maximum atomic E-state index is 12.6. The molecule has 2 rings (SSSR count). The van der Waals surface area contributed by atoms with E-state index in [2.05, 4.69) is 4.98 Å². The third-order valence-electron chi connectivity index (χ3n) is 2.61. The second-order valence-electron chi connectivity index (χ2n) is 4.01. The van der Waals surface area contributed by atoms with E-state index in [0.29, 0.717) is 11.4 Å². The van der Waals surface area contributed by atoms with Crippen LogP contribution in [0.5, 0.6) is 11.5 Å². The molecule has 3 nitrogen and oxygen atoms in total. The molecule has 0 aliphatic carbocycles. The van der Waals surface area contributed by atoms with Crippen LogP contribution in [0, 0.1) is 18.3 Å². The summed E-state index contributed by atoms with van der Waals surface area (Å²) in [7, 11) is 0. The fourth-order valence-electron chi connectivity index (χ4n) is 1.58. The van der Waals surface area contributed by atoms with Crippen LogP contribution in [0.1, 0.15) is 16.8 Å². The van der Waals surface area contributed by atoms with Gasteiger partial charge in [-0.15, -0.1) is 0 Å². The summed E-state index contributed by atoms with van der Waals surface area (Å²) in [5, 5.41) is 8.94. The van der Waals surface area contributed by atoms with Crippen molar-refractivity contribution in [2.24, 2.45) is 0 Å². The Bertz CT molecular complexity index is 675. The first-order chi connectivity index (χ1) is 9.41. The second kappa shape index (κ2) is 5.21. The Morgan fingerprint density at radius 3 is 2.55 bits per heavy atom. The van der Waals surface area contributed by atoms with Gasteiger partial charge in [-0.25, -0.2) is 0 Å². The van der Waals surface area contributed by atoms with Gasteiger partial charge in [-0.05, 0) is 37.3 Å². The van der Waals surface area contributed by atoms with Crippen molar-refractivity contribution in [2.75, 3.05) is 0 Å². The van der Waals surface area contributed by atoms with Gasteiger partial charge >= 0.3 is 6.18 Å². The average molecular weight is 278 g/mol. The van der Waals surface area contributed by atoms with Crippen LogP contribution < -0.4 is 4.74 Å². The van der Waals surface area contributed by atoms with Crippen LogP contribution >= 0.6 is 0 Å². The Morgan fingerprint density at radius 2 is 1.95 bits per heavy atom. The van der Waals surface area contributed by atoms with Gasteiger partial charge in [-0.2, -0.15) is 18.4 Å². The Kier molecular flexibility index (Phi) is 3.61. The molecule has 0 saturated carbocycles. The van der Waals surface area contributed by atoms with Gasteiger partial charge in [0.15, 0.2) is 0 Å². The summed E-state index contributed by atoms with van der Waals surface area (Å²) in [5.41, 5.74) is -0.483. The van der Waals surface area contributed by atoms with Crippen molar-refractivity contribution in [3.8, 4) is 17.6 Å². The first-order valence-corrected chi connectivity index (χ1v) is 5.62. The third-order valence-corrected chi connectivity index (χ3v) is 2.61. The molecule has 6 heteroatoms. The van der Waals surface area contributed by atoms with E-state index >= 15 is 0 Å². The minimum atomic E-state index is -4.49. The van der Waals surface area contributed by atoms with Gasteiger partial charge in [0, 0.05) is 6.20 Å². The van der Waals surface area contributed by atoms with Crippen LogP contribution in [-0.4, -0.2) is 4.98 Å². The lowest BCUT2D eigenvalue weighted by atomic mass is 10.1. The number of ether oxygens (including phenoxy) is 1. The molecule has 0 unspecified atom stereocenters. The number of nitrogens with zero attached hydrogens (tertiary/aromatic N) is 2. The molecule has 1 aromatic carbocycles. The summed E-state index contributed by atoms with van der Waals surface area (Å²) < 4.78 is 43.1. The van der Waals surface area contributed by atoms with Crippen molar-refractivity contribution in [2.45, 2.75) is 13.1 Å². The van der Waals surface area contributed by atoms with Gasteiger partial charge in [-0.1, -0.05) is 0 Å². The van der Waals surface area contributed by atoms with Crippen molar-refractivity contribution in [1.82, 2.24) is 4.98 Å². The Hall–Kier alpha value is -2.55. The fourth-order valence-corrected chi connectivity index (χ4v) is 1.58. The van der Waals surface area contributed by atoms with E-state index in [-0.39, 0.29) is 11.3 Å². The molecule has 0 saturated heterocycles. The molecule has 0 amide bonds. The van der Waals surface area contributed by atoms with E-state index < -0.39 is 11.7 Å². The van der Waals surface area contributed by atoms with Crippen molar-refractivity contribution in [3.05, 3.63) is 53.3 Å². The minimum absolute atomic E-state index is 0.0663. The molecule has 102 valence electrons. The van der Waals surface area contributed by atoms with E-state index in [1.54, 1.807) is 31.3 Å². The molecule has 0 aliphatic heterocycles. The minimum Gasteiger partial charge on any atom is -0.454 e. The van der Waals surface area contributed by atoms with Gasteiger partial charge in [0.1, 0.15) is 17.6 Å². The summed E-state index contributed by atoms with van der Waals surface area (Å²) in [5.74, 6) is 0.459. The molecule has 0 spiro atoms. The lowest BCUT2D eigenvalue weighted by Crippen LogP contribution is -2.05. The number of hydrogen-bond acceptors (Lipinski definition) is 3. The zero-order valence-electron chi connectivity index (χ0n) is 10.4. The molecule has 2 aromatic rings. The summed E-state index contributed by atoms with van der Waals surface area (Å²) in [6.07, 6.45) is -2.92. The first-order valence-electron chi connectivity index (χ1n) is 5.62. The predicted octanol–water partition coefficient (Wildman–Crippen LogP) is 4.07. The quantitative estimate of drug-likeness (QED) is 0.831. The summed E-state index contributed by atoms with van der Waals surface area (Å²) in [6.45, 7) is 1.70. The highest BCUT2D eigenvalue weighted by Gasteiger charge is 2.31. The number of halogens is 3. The van der Waals surface area contributed by atoms with Gasteiger partial charge in [0.2, 0.25) is 0 Å². The van der Waals surface area contributed by atoms with Crippen molar-refractivity contribution >= 4 is 0 Å². The maximum Gasteiger partial charge on any atom is 0.416 e. The van der Waals surface area contributed by atoms with Crippen LogP contribution in [0.25, 0.3) is 0 Å². The first kappa shape index (κ1) is 13.9. The molecular weight excluding hydrogens is 269 g/mol. The molecule has 0 N–H and O–H groups in total. The van der Waals surface area contributed by atoms with E-state index in [0.717, 1.165) is 18.2 Å². The summed E-state index contributed by atoms with van der Waals surface area (Å²) >= 11 is 0. The number of benzene rings is 1. The summed E-state index contributed by atoms with van der Waals surface area (Å²) in [6, 6.07) is 7.74. The molecule has 0 bridgehead atoms. The molecule has 1 aromatic heterocycles. The zero-order chi connectivity index (χ0) is 14.8. The molecule has 0 fully saturated rings. The molecule has 1 heterocycles. The fraction of sp³-hybridized carbons (Fsp3) is 0.143. The number of pyridine rings is 1. The normalized spacial score (nSPS) is 10.9. The SMILES string of the molecule is Cc1ncccc1Oc1ccc(C(F)(F)F)cc1C#N. The molecule has 0 aliphatic rings. The third kappa shape index (κ3) is 2.88. The van der Waals surface area contributed by atoms with Crippen LogP contribution in [0.15, 0.2) is 36.5 Å². The van der Waals surface area contributed by atoms with Gasteiger partial charge in [-0.3, -0.25) is 4.98 Å². The van der Waals surface area contributed by atoms with Gasteiger partial charge in [0.25, 0.3) is 0 Å². The number of aromatic nitrogens is 1. The molecule has 20 heavy (non-hydrogen) atoms. The Labute approximate surface area is 113 Å². The molecule has 0 atom stereocenters. The lowest BCUT2D eigenvalue weighted by Gasteiger charge is -2.11. The number of aryl methyl sites for hydroxylation is 1. The highest BCUT2D eigenvalue weighted by Crippen LogP contribution is 2.34. The van der Waals surface area contributed by atoms with Crippen LogP contribution in [0.4, 0.5) is 13.2 Å². The topological polar surface area (TPSA) is 45.9 Å². The van der Waals surface area contributed by atoms with Crippen LogP contribution in [0.2, 0.25) is 0 Å².